The Kier molecular flexibility index (Phi) is 7.00. The quantitative estimate of drug-likeness (QED) is 0.498. The fraction of sp³-hybridized carbons (Fsp3) is 0.167. The number of nitrogens with zero attached hydrogens (tertiary/aromatic N) is 1. The first-order chi connectivity index (χ1) is 12.5. The second kappa shape index (κ2) is 9.22. The van der Waals surface area contributed by atoms with Crippen molar-refractivity contribution in [2.75, 3.05) is 7.05 Å². The minimum Gasteiger partial charge on any atom is -0.384 e. The largest absolute Gasteiger partial charge is 0.384 e. The second-order valence-electron chi connectivity index (χ2n) is 5.24. The number of rotatable bonds is 7. The summed E-state index contributed by atoms with van der Waals surface area (Å²) >= 11 is 12.1. The smallest absolute Gasteiger partial charge is 0.271 e. The third kappa shape index (κ3) is 4.74. The highest BCUT2D eigenvalue weighted by molar-refractivity contribution is 6.42. The predicted molar refractivity (Wildman–Crippen MR) is 104 cm³/mol. The summed E-state index contributed by atoms with van der Waals surface area (Å²) < 4.78 is 0. The maximum Gasteiger partial charge on any atom is 0.271 e. The summed E-state index contributed by atoms with van der Waals surface area (Å²) in [7, 11) is 1.59. The molecule has 0 aliphatic heterocycles. The van der Waals surface area contributed by atoms with Gasteiger partial charge in [-0.2, -0.15) is 0 Å². The summed E-state index contributed by atoms with van der Waals surface area (Å²) in [6.45, 7) is 1.96. The fourth-order valence-corrected chi connectivity index (χ4v) is 2.59. The van der Waals surface area contributed by atoms with Gasteiger partial charge in [0.25, 0.3) is 5.91 Å². The van der Waals surface area contributed by atoms with E-state index in [2.05, 4.69) is 20.6 Å². The number of aromatic amines is 1. The summed E-state index contributed by atoms with van der Waals surface area (Å²) in [5, 5.41) is 6.07. The summed E-state index contributed by atoms with van der Waals surface area (Å²) in [4.78, 5) is 30.9. The van der Waals surface area contributed by atoms with Crippen LogP contribution in [0.25, 0.3) is 12.2 Å². The molecule has 1 aromatic heterocycles. The van der Waals surface area contributed by atoms with Crippen LogP contribution >= 0.6 is 23.2 Å². The van der Waals surface area contributed by atoms with Gasteiger partial charge in [0, 0.05) is 12.7 Å². The van der Waals surface area contributed by atoms with Crippen LogP contribution in [0.3, 0.4) is 0 Å². The Balaban J connectivity index is 2.26. The van der Waals surface area contributed by atoms with Gasteiger partial charge in [-0.25, -0.2) is 4.98 Å². The molecule has 2 aromatic rings. The van der Waals surface area contributed by atoms with E-state index >= 15 is 0 Å². The van der Waals surface area contributed by atoms with Crippen molar-refractivity contribution < 1.29 is 9.59 Å². The van der Waals surface area contributed by atoms with E-state index in [1.165, 1.54) is 12.4 Å². The van der Waals surface area contributed by atoms with Crippen LogP contribution in [0.2, 0.25) is 10.0 Å². The van der Waals surface area contributed by atoms with Gasteiger partial charge in [0.1, 0.15) is 5.70 Å². The number of H-pyrrole nitrogens is 1. The van der Waals surface area contributed by atoms with Gasteiger partial charge in [0.2, 0.25) is 0 Å². The zero-order valence-corrected chi connectivity index (χ0v) is 15.8. The molecule has 6 nitrogen and oxygen atoms in total. The van der Waals surface area contributed by atoms with E-state index in [0.29, 0.717) is 27.6 Å². The number of hydrogen-bond donors (Lipinski definition) is 3. The highest BCUT2D eigenvalue weighted by Gasteiger charge is 2.12. The Labute approximate surface area is 161 Å². The highest BCUT2D eigenvalue weighted by atomic mass is 35.5. The molecule has 0 bridgehead atoms. The van der Waals surface area contributed by atoms with Gasteiger partial charge in [0.05, 0.1) is 27.8 Å². The van der Waals surface area contributed by atoms with Crippen LogP contribution in [0, 0.1) is 0 Å². The summed E-state index contributed by atoms with van der Waals surface area (Å²) in [6, 6.07) is 5.11. The van der Waals surface area contributed by atoms with Gasteiger partial charge in [-0.1, -0.05) is 42.3 Å². The van der Waals surface area contributed by atoms with E-state index in [-0.39, 0.29) is 11.4 Å². The molecule has 0 unspecified atom stereocenters. The second-order valence-corrected chi connectivity index (χ2v) is 6.03. The number of aromatic nitrogens is 2. The molecule has 2 rings (SSSR count). The zero-order chi connectivity index (χ0) is 19.1. The fourth-order valence-electron chi connectivity index (χ4n) is 2.22. The van der Waals surface area contributed by atoms with Gasteiger partial charge in [-0.15, -0.1) is 0 Å². The van der Waals surface area contributed by atoms with Crippen LogP contribution in [0.5, 0.6) is 0 Å². The Morgan fingerprint density at radius 2 is 2.08 bits per heavy atom. The first-order valence-corrected chi connectivity index (χ1v) is 8.59. The van der Waals surface area contributed by atoms with Crippen molar-refractivity contribution in [3.05, 3.63) is 62.9 Å². The molecule has 136 valence electrons. The molecule has 0 atom stereocenters. The number of imidazole rings is 1. The van der Waals surface area contributed by atoms with Crippen molar-refractivity contribution in [2.24, 2.45) is 0 Å². The molecular weight excluding hydrogens is 375 g/mol. The first kappa shape index (κ1) is 19.8. The minimum absolute atomic E-state index is 0.0927. The zero-order valence-electron chi connectivity index (χ0n) is 14.3. The number of amides is 1. The van der Waals surface area contributed by atoms with Gasteiger partial charge >= 0.3 is 0 Å². The molecule has 0 fully saturated rings. The molecule has 0 saturated carbocycles. The Morgan fingerprint density at radius 3 is 2.73 bits per heavy atom. The number of nitrogens with one attached hydrogen (secondary N) is 3. The third-order valence-electron chi connectivity index (χ3n) is 3.58. The van der Waals surface area contributed by atoms with E-state index in [1.807, 2.05) is 6.92 Å². The number of carbonyl (C=O) groups excluding carboxylic acids is 2. The van der Waals surface area contributed by atoms with E-state index in [1.54, 1.807) is 31.3 Å². The normalized spacial score (nSPS) is 12.0. The number of hydrogen-bond acceptors (Lipinski definition) is 4. The summed E-state index contributed by atoms with van der Waals surface area (Å²) in [6.07, 6.45) is 5.89. The molecular formula is C18H18Cl2N4O2. The summed E-state index contributed by atoms with van der Waals surface area (Å²) in [5.74, 6) is -0.490. The topological polar surface area (TPSA) is 86.9 Å². The number of aldehydes is 1. The lowest BCUT2D eigenvalue weighted by Crippen LogP contribution is -2.30. The van der Waals surface area contributed by atoms with Gasteiger partial charge in [-0.05, 0) is 30.2 Å². The van der Waals surface area contributed by atoms with Crippen molar-refractivity contribution in [3.8, 4) is 0 Å². The molecule has 0 aliphatic carbocycles. The van der Waals surface area contributed by atoms with Crippen LogP contribution in [0.15, 0.2) is 35.9 Å². The van der Waals surface area contributed by atoms with Crippen LogP contribution in [0.4, 0.5) is 0 Å². The van der Waals surface area contributed by atoms with E-state index in [0.717, 1.165) is 12.1 Å². The Bertz CT molecular complexity index is 872. The molecule has 1 heterocycles. The molecule has 0 aliphatic rings. The molecule has 1 aromatic carbocycles. The molecule has 0 saturated heterocycles. The average molecular weight is 393 g/mol. The van der Waals surface area contributed by atoms with E-state index < -0.39 is 5.91 Å². The molecule has 8 heteroatoms. The minimum atomic E-state index is -0.490. The van der Waals surface area contributed by atoms with Gasteiger partial charge in [0.15, 0.2) is 6.29 Å². The molecule has 0 radical (unpaired) electrons. The Morgan fingerprint density at radius 1 is 1.31 bits per heavy atom. The first-order valence-electron chi connectivity index (χ1n) is 7.84. The van der Waals surface area contributed by atoms with Crippen molar-refractivity contribution in [1.82, 2.24) is 20.6 Å². The van der Waals surface area contributed by atoms with Gasteiger partial charge in [-0.3, -0.25) is 9.59 Å². The number of carbonyl (C=O) groups is 2. The number of aryl methyl sites for hydroxylation is 1. The number of allylic oxidation sites excluding steroid dienone is 1. The van der Waals surface area contributed by atoms with Crippen LogP contribution in [-0.4, -0.2) is 29.2 Å². The monoisotopic (exact) mass is 392 g/mol. The lowest BCUT2D eigenvalue weighted by Gasteiger charge is -2.09. The molecule has 3 N–H and O–H groups in total. The predicted octanol–water partition coefficient (Wildman–Crippen LogP) is 3.20. The number of halogens is 2. The number of likely N-dealkylation sites (N-methyl/N-ethyl adjacent to an activating group) is 1. The highest BCUT2D eigenvalue weighted by Crippen LogP contribution is 2.27. The maximum atomic E-state index is 12.5. The lowest BCUT2D eigenvalue weighted by molar-refractivity contribution is -0.118. The van der Waals surface area contributed by atoms with Crippen LogP contribution in [-0.2, 0) is 16.0 Å². The van der Waals surface area contributed by atoms with Crippen molar-refractivity contribution >= 4 is 47.5 Å². The van der Waals surface area contributed by atoms with Gasteiger partial charge < -0.3 is 15.6 Å². The molecule has 0 spiro atoms. The number of benzene rings is 1. The standard InChI is InChI=1S/C18H18Cl2N4O2/c1-3-14-15(23-10-22-14)8-12(9-25)24-18(26)16(21-2)7-11-5-4-6-13(19)17(11)20/h4-10,21H,3H2,1-2H3,(H,22,23)(H,24,26)/b12-8-,16-7-. The SMILES string of the molecule is CCc1[nH]cnc1/C=C(/C=O)NC(=O)/C(=C/c1cccc(Cl)c1Cl)NC. The molecule has 26 heavy (non-hydrogen) atoms. The third-order valence-corrected chi connectivity index (χ3v) is 4.41. The van der Waals surface area contributed by atoms with Crippen LogP contribution < -0.4 is 10.6 Å². The van der Waals surface area contributed by atoms with Crippen molar-refractivity contribution in [1.29, 1.82) is 0 Å². The summed E-state index contributed by atoms with van der Waals surface area (Å²) in [5.41, 5.74) is 2.36. The van der Waals surface area contributed by atoms with E-state index in [9.17, 15) is 9.59 Å². The molecule has 1 amide bonds. The maximum absolute atomic E-state index is 12.5. The van der Waals surface area contributed by atoms with E-state index in [4.69, 9.17) is 23.2 Å². The van der Waals surface area contributed by atoms with Crippen molar-refractivity contribution in [2.45, 2.75) is 13.3 Å². The van der Waals surface area contributed by atoms with Crippen molar-refractivity contribution in [3.63, 3.8) is 0 Å². The van der Waals surface area contributed by atoms with Crippen LogP contribution in [0.1, 0.15) is 23.9 Å². The average Bonchev–Trinajstić information content (AvgIpc) is 3.09. The lowest BCUT2D eigenvalue weighted by atomic mass is 10.2. The Hall–Kier alpha value is -2.57.